The highest BCUT2D eigenvalue weighted by Gasteiger charge is 2.68. The van der Waals surface area contributed by atoms with Gasteiger partial charge in [-0.2, -0.15) is 0 Å². The predicted octanol–water partition coefficient (Wildman–Crippen LogP) is 5.58. The topological polar surface area (TPSA) is 82.1 Å². The molecule has 0 spiro atoms. The molecule has 1 aromatic rings. The van der Waals surface area contributed by atoms with E-state index in [2.05, 4.69) is 36.1 Å². The zero-order chi connectivity index (χ0) is 29.5. The molecule has 7 heteroatoms. The minimum Gasteiger partial charge on any atom is -0.492 e. The monoisotopic (exact) mass is 575 g/mol. The smallest absolute Gasteiger partial charge is 0.303 e. The Labute approximate surface area is 249 Å². The van der Waals surface area contributed by atoms with Crippen LogP contribution in [0.15, 0.2) is 47.1 Å². The summed E-state index contributed by atoms with van der Waals surface area (Å²) in [5.41, 5.74) is 3.46. The Hall–Kier alpha value is -2.77. The molecule has 0 aromatic heterocycles. The zero-order valence-electron chi connectivity index (χ0n) is 25.4. The molecule has 1 aromatic carbocycles. The van der Waals surface area contributed by atoms with Gasteiger partial charge in [-0.3, -0.25) is 19.3 Å². The van der Waals surface area contributed by atoms with Gasteiger partial charge in [-0.05, 0) is 111 Å². The second-order valence-corrected chi connectivity index (χ2v) is 13.3. The van der Waals surface area contributed by atoms with E-state index in [1.165, 1.54) is 49.2 Å². The number of nitrogens with zero attached hydrogens (tertiary/aromatic N) is 1. The summed E-state index contributed by atoms with van der Waals surface area (Å²) in [7, 11) is 1.52. The molecule has 0 N–H and O–H groups in total. The third-order valence-corrected chi connectivity index (χ3v) is 11.1. The van der Waals surface area contributed by atoms with Crippen LogP contribution in [0.4, 0.5) is 0 Å². The molecule has 5 aliphatic rings. The summed E-state index contributed by atoms with van der Waals surface area (Å²) in [4.78, 5) is 41.1. The first-order valence-electron chi connectivity index (χ1n) is 15.9. The SMILES string of the molecule is COCC(=O)[C@@]1(OC(C)=O)CCC2C3CCC4=CC(=O)CCC4=C3[C@@H](c3ccc(OCCN4CCCC4)cc3)C[C@@]21C. The third-order valence-electron chi connectivity index (χ3n) is 11.1. The van der Waals surface area contributed by atoms with Crippen molar-refractivity contribution < 1.29 is 28.6 Å². The number of methoxy groups -OCH3 is 1. The van der Waals surface area contributed by atoms with Gasteiger partial charge in [-0.25, -0.2) is 0 Å². The van der Waals surface area contributed by atoms with Gasteiger partial charge in [0.1, 0.15) is 19.0 Å². The molecular formula is C35H45NO6. The first-order valence-corrected chi connectivity index (χ1v) is 15.9. The first-order chi connectivity index (χ1) is 20.3. The zero-order valence-corrected chi connectivity index (χ0v) is 25.4. The number of ether oxygens (including phenoxy) is 3. The van der Waals surface area contributed by atoms with Crippen LogP contribution in [-0.2, 0) is 23.9 Å². The van der Waals surface area contributed by atoms with Crippen LogP contribution in [0.3, 0.4) is 0 Å². The van der Waals surface area contributed by atoms with Crippen molar-refractivity contribution in [2.24, 2.45) is 17.3 Å². The quantitative estimate of drug-likeness (QED) is 0.356. The van der Waals surface area contributed by atoms with Gasteiger partial charge in [0, 0.05) is 38.3 Å². The number of fused-ring (bicyclic) bond motifs is 4. The van der Waals surface area contributed by atoms with Crippen molar-refractivity contribution in [1.82, 2.24) is 4.90 Å². The molecule has 1 heterocycles. The number of esters is 1. The van der Waals surface area contributed by atoms with Gasteiger partial charge >= 0.3 is 5.97 Å². The predicted molar refractivity (Wildman–Crippen MR) is 159 cm³/mol. The molecule has 0 radical (unpaired) electrons. The molecule has 0 amide bonds. The van der Waals surface area contributed by atoms with Crippen LogP contribution >= 0.6 is 0 Å². The maximum Gasteiger partial charge on any atom is 0.303 e. The summed E-state index contributed by atoms with van der Waals surface area (Å²) in [5.74, 6) is 1.08. The fourth-order valence-corrected chi connectivity index (χ4v) is 9.22. The number of hydrogen-bond donors (Lipinski definition) is 0. The Morgan fingerprint density at radius 2 is 1.81 bits per heavy atom. The number of rotatable bonds is 9. The summed E-state index contributed by atoms with van der Waals surface area (Å²) in [5, 5.41) is 0. The molecule has 0 bridgehead atoms. The van der Waals surface area contributed by atoms with Crippen LogP contribution in [0.1, 0.15) is 83.1 Å². The van der Waals surface area contributed by atoms with E-state index in [1.54, 1.807) is 0 Å². The number of ketones is 2. The van der Waals surface area contributed by atoms with E-state index in [4.69, 9.17) is 14.2 Å². The number of likely N-dealkylation sites (tertiary alicyclic amines) is 1. The van der Waals surface area contributed by atoms with Crippen LogP contribution in [0, 0.1) is 17.3 Å². The largest absolute Gasteiger partial charge is 0.492 e. The third kappa shape index (κ3) is 5.06. The fourth-order valence-electron chi connectivity index (χ4n) is 9.22. The molecule has 2 saturated carbocycles. The van der Waals surface area contributed by atoms with Crippen LogP contribution in [-0.4, -0.2) is 68.0 Å². The molecule has 2 unspecified atom stereocenters. The van der Waals surface area contributed by atoms with Gasteiger partial charge < -0.3 is 14.2 Å². The lowest BCUT2D eigenvalue weighted by Gasteiger charge is -2.55. The van der Waals surface area contributed by atoms with Crippen LogP contribution in [0.25, 0.3) is 0 Å². The Morgan fingerprint density at radius 3 is 2.52 bits per heavy atom. The van der Waals surface area contributed by atoms with Crippen molar-refractivity contribution in [3.63, 3.8) is 0 Å². The van der Waals surface area contributed by atoms with Crippen molar-refractivity contribution in [2.75, 3.05) is 40.0 Å². The summed E-state index contributed by atoms with van der Waals surface area (Å²) in [6.07, 6.45) is 9.64. The lowest BCUT2D eigenvalue weighted by Crippen LogP contribution is -2.58. The number of allylic oxidation sites excluding steroid dienone is 4. The van der Waals surface area contributed by atoms with Crippen molar-refractivity contribution >= 4 is 17.5 Å². The highest BCUT2D eigenvalue weighted by molar-refractivity contribution is 5.93. The van der Waals surface area contributed by atoms with Gasteiger partial charge in [0.25, 0.3) is 0 Å². The maximum absolute atomic E-state index is 13.8. The number of Topliss-reactive ketones (excluding diaryl/α,β-unsaturated/α-hetero) is 1. The second kappa shape index (κ2) is 11.7. The highest BCUT2D eigenvalue weighted by atomic mass is 16.6. The molecule has 7 nitrogen and oxygen atoms in total. The van der Waals surface area contributed by atoms with E-state index < -0.39 is 17.0 Å². The van der Waals surface area contributed by atoms with E-state index in [-0.39, 0.29) is 35.9 Å². The second-order valence-electron chi connectivity index (χ2n) is 13.3. The molecule has 3 fully saturated rings. The van der Waals surface area contributed by atoms with Gasteiger partial charge in [0.05, 0.1) is 0 Å². The first kappa shape index (κ1) is 29.3. The lowest BCUT2D eigenvalue weighted by molar-refractivity contribution is -0.185. The molecule has 226 valence electrons. The summed E-state index contributed by atoms with van der Waals surface area (Å²) < 4.78 is 17.6. The minimum absolute atomic E-state index is 0.0604. The van der Waals surface area contributed by atoms with Crippen molar-refractivity contribution in [3.05, 3.63) is 52.6 Å². The summed E-state index contributed by atoms with van der Waals surface area (Å²) in [6.45, 7) is 7.46. The van der Waals surface area contributed by atoms with Crippen molar-refractivity contribution in [2.45, 2.75) is 83.2 Å². The van der Waals surface area contributed by atoms with E-state index in [1.807, 2.05) is 6.08 Å². The molecule has 4 aliphatic carbocycles. The Kier molecular flexibility index (Phi) is 8.18. The Morgan fingerprint density at radius 1 is 1.05 bits per heavy atom. The van der Waals surface area contributed by atoms with E-state index in [0.29, 0.717) is 25.9 Å². The molecule has 1 aliphatic heterocycles. The summed E-state index contributed by atoms with van der Waals surface area (Å²) >= 11 is 0. The molecule has 42 heavy (non-hydrogen) atoms. The normalized spacial score (nSPS) is 32.6. The van der Waals surface area contributed by atoms with Crippen molar-refractivity contribution in [1.29, 1.82) is 0 Å². The highest BCUT2D eigenvalue weighted by Crippen LogP contribution is 2.67. The van der Waals surface area contributed by atoms with Crippen LogP contribution in [0.5, 0.6) is 5.75 Å². The average Bonchev–Trinajstić information content (AvgIpc) is 3.59. The van der Waals surface area contributed by atoms with Crippen molar-refractivity contribution in [3.8, 4) is 5.75 Å². The maximum atomic E-state index is 13.8. The molecule has 1 saturated heterocycles. The number of carbonyl (C=O) groups is 3. The average molecular weight is 576 g/mol. The number of hydrogen-bond acceptors (Lipinski definition) is 7. The van der Waals surface area contributed by atoms with Gasteiger partial charge in [-0.1, -0.05) is 24.6 Å². The Balaban J connectivity index is 1.37. The van der Waals surface area contributed by atoms with Gasteiger partial charge in [0.15, 0.2) is 11.4 Å². The fraction of sp³-hybridized carbons (Fsp3) is 0.629. The molecule has 5 atom stereocenters. The number of carbonyl (C=O) groups excluding carboxylic acids is 3. The van der Waals surface area contributed by atoms with Gasteiger partial charge in [-0.15, -0.1) is 0 Å². The lowest BCUT2D eigenvalue weighted by atomic mass is 9.50. The van der Waals surface area contributed by atoms with E-state index in [0.717, 1.165) is 51.1 Å². The molecular weight excluding hydrogens is 530 g/mol. The van der Waals surface area contributed by atoms with E-state index >= 15 is 0 Å². The minimum atomic E-state index is -1.20. The van der Waals surface area contributed by atoms with E-state index in [9.17, 15) is 14.4 Å². The number of benzene rings is 1. The Bertz CT molecular complexity index is 1290. The molecule has 6 rings (SSSR count). The van der Waals surface area contributed by atoms with Gasteiger partial charge in [0.2, 0.25) is 5.78 Å². The standard InChI is InChI=1S/C35H45NO6/c1-23(37)42-35(32(39)22-40-3)15-14-31-29-12-8-25-20-26(38)9-13-28(25)33(29)30(21-34(31,35)2)24-6-10-27(11-7-24)41-19-18-36-16-4-5-17-36/h6-7,10-11,20,29-31H,4-5,8-9,12-19,21-22H2,1-3H3/t29?,30-,31?,34+,35+/m1/s1. The summed E-state index contributed by atoms with van der Waals surface area (Å²) in [6, 6.07) is 8.50. The van der Waals surface area contributed by atoms with Crippen LogP contribution < -0.4 is 4.74 Å². The van der Waals surface area contributed by atoms with Crippen LogP contribution in [0.2, 0.25) is 0 Å².